The van der Waals surface area contributed by atoms with Crippen LogP contribution >= 0.6 is 15.9 Å². The van der Waals surface area contributed by atoms with Crippen molar-refractivity contribution in [1.82, 2.24) is 5.32 Å². The molecule has 1 amide bonds. The minimum Gasteiger partial charge on any atom is -0.421 e. The predicted molar refractivity (Wildman–Crippen MR) is 169 cm³/mol. The summed E-state index contributed by atoms with van der Waals surface area (Å²) in [6.07, 6.45) is 25.3. The lowest BCUT2D eigenvalue weighted by Gasteiger charge is -2.20. The number of nitrogens with one attached hydrogen (secondary N) is 1. The van der Waals surface area contributed by atoms with E-state index in [1.807, 2.05) is 20.8 Å². The monoisotopic (exact) mass is 615 g/mol. The third-order valence-electron chi connectivity index (χ3n) is 7.41. The van der Waals surface area contributed by atoms with E-state index >= 15 is 0 Å². The van der Waals surface area contributed by atoms with Gasteiger partial charge in [-0.3, -0.25) is 4.79 Å². The van der Waals surface area contributed by atoms with E-state index in [0.717, 1.165) is 55.0 Å². The summed E-state index contributed by atoms with van der Waals surface area (Å²) in [4.78, 5) is 24.6. The summed E-state index contributed by atoms with van der Waals surface area (Å²) < 4.78 is 11.0. The molecule has 0 aliphatic carbocycles. The number of carbonyl (C=O) groups excluding carboxylic acids is 2. The fourth-order valence-electron chi connectivity index (χ4n) is 4.51. The summed E-state index contributed by atoms with van der Waals surface area (Å²) in [6.45, 7) is 8.56. The van der Waals surface area contributed by atoms with Crippen molar-refractivity contribution in [2.24, 2.45) is 0 Å². The topological polar surface area (TPSA) is 64.6 Å². The summed E-state index contributed by atoms with van der Waals surface area (Å²) >= 11 is 3.44. The molecule has 39 heavy (non-hydrogen) atoms. The molecule has 0 radical (unpaired) electrons. The third-order valence-corrected chi connectivity index (χ3v) is 7.97. The number of amides is 1. The Morgan fingerprint density at radius 1 is 0.615 bits per heavy atom. The van der Waals surface area contributed by atoms with Crippen LogP contribution in [0.2, 0.25) is 0 Å². The number of unbranched alkanes of at least 4 members (excludes halogenated alkanes) is 19. The molecule has 0 bridgehead atoms. The number of alkyl halides is 1. The molecule has 6 heteroatoms. The van der Waals surface area contributed by atoms with E-state index < -0.39 is 12.4 Å². The fraction of sp³-hybridized carbons (Fsp3) is 0.879. The number of rotatable bonds is 27. The van der Waals surface area contributed by atoms with Gasteiger partial charge in [0.25, 0.3) is 6.29 Å². The summed E-state index contributed by atoms with van der Waals surface area (Å²) in [5.74, 6) is -0.313. The second-order valence-electron chi connectivity index (χ2n) is 11.3. The van der Waals surface area contributed by atoms with E-state index in [1.54, 1.807) is 0 Å². The van der Waals surface area contributed by atoms with Crippen LogP contribution in [0.25, 0.3) is 0 Å². The van der Waals surface area contributed by atoms with Crippen LogP contribution in [0.3, 0.4) is 0 Å². The van der Waals surface area contributed by atoms with Crippen molar-refractivity contribution < 1.29 is 19.1 Å². The first-order valence-electron chi connectivity index (χ1n) is 16.3. The first kappa shape index (κ1) is 38.0. The van der Waals surface area contributed by atoms with Gasteiger partial charge in [-0.05, 0) is 40.0 Å². The molecule has 0 aliphatic rings. The number of allylic oxidation sites excluding steroid dienone is 1. The van der Waals surface area contributed by atoms with Gasteiger partial charge in [0.2, 0.25) is 0 Å². The number of hydrogen-bond donors (Lipinski definition) is 1. The van der Waals surface area contributed by atoms with Crippen molar-refractivity contribution in [1.29, 1.82) is 0 Å². The summed E-state index contributed by atoms with van der Waals surface area (Å²) in [7, 11) is 0. The predicted octanol–water partition coefficient (Wildman–Crippen LogP) is 10.9. The van der Waals surface area contributed by atoms with Gasteiger partial charge in [-0.25, -0.2) is 4.79 Å². The highest BCUT2D eigenvalue weighted by atomic mass is 79.9. The van der Waals surface area contributed by atoms with E-state index in [1.165, 1.54) is 96.3 Å². The number of carbonyl (C=O) groups is 2. The minimum absolute atomic E-state index is 0.313. The molecule has 1 unspecified atom stereocenters. The van der Waals surface area contributed by atoms with Gasteiger partial charge < -0.3 is 14.8 Å². The molecule has 0 fully saturated rings. The molecular formula is C33H62BrNO4. The van der Waals surface area contributed by atoms with Crippen LogP contribution in [-0.2, 0) is 14.3 Å². The van der Waals surface area contributed by atoms with E-state index in [-0.39, 0.29) is 5.97 Å². The Hall–Kier alpha value is -1.04. The lowest BCUT2D eigenvalue weighted by molar-refractivity contribution is -0.162. The maximum absolute atomic E-state index is 12.3. The summed E-state index contributed by atoms with van der Waals surface area (Å²) in [5, 5.41) is 3.85. The molecule has 0 aromatic rings. The smallest absolute Gasteiger partial charge is 0.410 e. The van der Waals surface area contributed by atoms with Crippen LogP contribution in [0, 0.1) is 0 Å². The molecule has 230 valence electrons. The highest BCUT2D eigenvalue weighted by molar-refractivity contribution is 9.09. The van der Waals surface area contributed by atoms with Gasteiger partial charge in [-0.15, -0.1) is 0 Å². The Labute approximate surface area is 250 Å². The molecule has 0 aromatic heterocycles. The normalized spacial score (nSPS) is 11.7. The zero-order chi connectivity index (χ0) is 29.0. The average Bonchev–Trinajstić information content (AvgIpc) is 2.91. The number of esters is 1. The molecule has 1 atom stereocenters. The zero-order valence-corrected chi connectivity index (χ0v) is 27.6. The van der Waals surface area contributed by atoms with Crippen molar-refractivity contribution in [2.75, 3.05) is 11.9 Å². The van der Waals surface area contributed by atoms with E-state index in [9.17, 15) is 9.59 Å². The third kappa shape index (κ3) is 25.7. The first-order chi connectivity index (χ1) is 18.9. The average molecular weight is 617 g/mol. The van der Waals surface area contributed by atoms with Crippen LogP contribution in [0.15, 0.2) is 11.1 Å². The van der Waals surface area contributed by atoms with Gasteiger partial charge in [0.15, 0.2) is 0 Å². The van der Waals surface area contributed by atoms with Gasteiger partial charge >= 0.3 is 12.1 Å². The van der Waals surface area contributed by atoms with Crippen molar-refractivity contribution >= 4 is 28.0 Å². The molecule has 1 N–H and O–H groups in total. The number of ether oxygens (including phenoxy) is 2. The minimum atomic E-state index is -0.957. The molecule has 0 saturated carbocycles. The number of alkyl carbamates (subject to hydrolysis) is 1. The van der Waals surface area contributed by atoms with Crippen LogP contribution in [-0.4, -0.2) is 30.2 Å². The van der Waals surface area contributed by atoms with Crippen LogP contribution in [0.1, 0.15) is 169 Å². The highest BCUT2D eigenvalue weighted by Gasteiger charge is 2.21. The van der Waals surface area contributed by atoms with E-state index in [0.29, 0.717) is 13.0 Å². The highest BCUT2D eigenvalue weighted by Crippen LogP contribution is 2.16. The van der Waals surface area contributed by atoms with Crippen LogP contribution in [0.5, 0.6) is 0 Å². The Balaban J connectivity index is 3.84. The maximum atomic E-state index is 12.3. The van der Waals surface area contributed by atoms with E-state index in [4.69, 9.17) is 9.47 Å². The Bertz CT molecular complexity index is 619. The number of halogens is 1. The molecule has 0 saturated heterocycles. The van der Waals surface area contributed by atoms with Crippen molar-refractivity contribution in [3.05, 3.63) is 11.1 Å². The van der Waals surface area contributed by atoms with Gasteiger partial charge in [0.1, 0.15) is 0 Å². The molecular weight excluding hydrogens is 554 g/mol. The second kappa shape index (κ2) is 28.5. The molecule has 5 nitrogen and oxygen atoms in total. The molecule has 0 heterocycles. The largest absolute Gasteiger partial charge is 0.421 e. The molecule has 0 spiro atoms. The Morgan fingerprint density at radius 2 is 1.05 bits per heavy atom. The zero-order valence-electron chi connectivity index (χ0n) is 26.1. The van der Waals surface area contributed by atoms with Gasteiger partial charge in [-0.2, -0.15) is 0 Å². The summed E-state index contributed by atoms with van der Waals surface area (Å²) in [6, 6.07) is 0. The van der Waals surface area contributed by atoms with Crippen molar-refractivity contribution in [2.45, 2.75) is 175 Å². The van der Waals surface area contributed by atoms with Gasteiger partial charge in [-0.1, -0.05) is 144 Å². The standard InChI is InChI=1S/C33H62BrNO4/c1-5-6-7-8-9-10-11-12-13-14-15-16-17-18-22-25-28-35-33(37)39-32(30(4)29(2)3)38-31(36)26-23-20-19-21-24-27-34/h32H,5-28H2,1-4H3,(H,35,37). The SMILES string of the molecule is CCCCCCCCCCCCCCCCCCNC(=O)OC(OC(=O)CCCCCCCBr)C(C)=C(C)C. The number of hydrogen-bond acceptors (Lipinski definition) is 4. The second-order valence-corrected chi connectivity index (χ2v) is 12.1. The lowest BCUT2D eigenvalue weighted by Crippen LogP contribution is -2.33. The first-order valence-corrected chi connectivity index (χ1v) is 17.4. The van der Waals surface area contributed by atoms with Gasteiger partial charge in [0.05, 0.1) is 0 Å². The van der Waals surface area contributed by atoms with Crippen molar-refractivity contribution in [3.63, 3.8) is 0 Å². The quantitative estimate of drug-likeness (QED) is 0.0328. The molecule has 0 rings (SSSR count). The van der Waals surface area contributed by atoms with Crippen LogP contribution < -0.4 is 5.32 Å². The van der Waals surface area contributed by atoms with Gasteiger partial charge in [0, 0.05) is 23.9 Å². The van der Waals surface area contributed by atoms with E-state index in [2.05, 4.69) is 28.2 Å². The van der Waals surface area contributed by atoms with Crippen molar-refractivity contribution in [3.8, 4) is 0 Å². The Kier molecular flexibility index (Phi) is 27.7. The maximum Gasteiger partial charge on any atom is 0.410 e. The molecule has 0 aliphatic heterocycles. The lowest BCUT2D eigenvalue weighted by atomic mass is 10.0. The fourth-order valence-corrected chi connectivity index (χ4v) is 4.91. The van der Waals surface area contributed by atoms with Crippen LogP contribution in [0.4, 0.5) is 4.79 Å². The Morgan fingerprint density at radius 3 is 1.51 bits per heavy atom. The molecule has 0 aromatic carbocycles. The summed E-state index contributed by atoms with van der Waals surface area (Å²) in [5.41, 5.74) is 1.74.